The van der Waals surface area contributed by atoms with E-state index in [1.54, 1.807) is 7.11 Å². The first-order valence-corrected chi connectivity index (χ1v) is 7.65. The van der Waals surface area contributed by atoms with Crippen LogP contribution in [0.2, 0.25) is 5.02 Å². The first kappa shape index (κ1) is 15.9. The van der Waals surface area contributed by atoms with Gasteiger partial charge >= 0.3 is 0 Å². The number of halogens is 1. The Balaban J connectivity index is 2.10. The van der Waals surface area contributed by atoms with E-state index in [1.165, 1.54) is 5.69 Å². The molecular formula is C17H23ClN2O. The van der Waals surface area contributed by atoms with Gasteiger partial charge in [-0.3, -0.25) is 0 Å². The van der Waals surface area contributed by atoms with Gasteiger partial charge in [-0.2, -0.15) is 0 Å². The largest absolute Gasteiger partial charge is 0.496 e. The van der Waals surface area contributed by atoms with E-state index in [0.29, 0.717) is 5.92 Å². The summed E-state index contributed by atoms with van der Waals surface area (Å²) in [7, 11) is 1.69. The van der Waals surface area contributed by atoms with Crippen molar-refractivity contribution in [2.45, 2.75) is 26.9 Å². The van der Waals surface area contributed by atoms with Crippen molar-refractivity contribution >= 4 is 11.6 Å². The van der Waals surface area contributed by atoms with E-state index in [-0.39, 0.29) is 0 Å². The summed E-state index contributed by atoms with van der Waals surface area (Å²) in [5, 5.41) is 4.21. The van der Waals surface area contributed by atoms with Crippen molar-refractivity contribution in [3.8, 4) is 5.75 Å². The van der Waals surface area contributed by atoms with Gasteiger partial charge in [0.2, 0.25) is 0 Å². The number of hydrogen-bond acceptors (Lipinski definition) is 2. The van der Waals surface area contributed by atoms with Crippen molar-refractivity contribution in [2.24, 2.45) is 5.92 Å². The van der Waals surface area contributed by atoms with E-state index in [4.69, 9.17) is 16.3 Å². The first-order valence-electron chi connectivity index (χ1n) is 7.27. The molecule has 3 nitrogen and oxygen atoms in total. The van der Waals surface area contributed by atoms with Gasteiger partial charge < -0.3 is 14.6 Å². The number of nitrogens with zero attached hydrogens (tertiary/aromatic N) is 1. The molecule has 4 heteroatoms. The van der Waals surface area contributed by atoms with Crippen LogP contribution in [-0.4, -0.2) is 18.2 Å². The van der Waals surface area contributed by atoms with Crippen LogP contribution in [0.3, 0.4) is 0 Å². The van der Waals surface area contributed by atoms with Gasteiger partial charge in [-0.15, -0.1) is 0 Å². The maximum Gasteiger partial charge on any atom is 0.123 e. The summed E-state index contributed by atoms with van der Waals surface area (Å²) >= 11 is 6.10. The lowest BCUT2D eigenvalue weighted by Crippen LogP contribution is -2.21. The summed E-state index contributed by atoms with van der Waals surface area (Å²) in [5.41, 5.74) is 2.35. The number of benzene rings is 1. The maximum absolute atomic E-state index is 6.10. The molecule has 0 aliphatic rings. The number of aromatic nitrogens is 1. The lowest BCUT2D eigenvalue weighted by molar-refractivity contribution is 0.408. The molecule has 1 aromatic heterocycles. The summed E-state index contributed by atoms with van der Waals surface area (Å²) in [6.07, 6.45) is 2.09. The molecule has 114 valence electrons. The Morgan fingerprint density at radius 1 is 1.29 bits per heavy atom. The fraction of sp³-hybridized carbons (Fsp3) is 0.412. The molecule has 2 rings (SSSR count). The Morgan fingerprint density at radius 2 is 2.10 bits per heavy atom. The second kappa shape index (κ2) is 7.53. The minimum Gasteiger partial charge on any atom is -0.496 e. The lowest BCUT2D eigenvalue weighted by atomic mass is 10.2. The maximum atomic E-state index is 6.10. The summed E-state index contributed by atoms with van der Waals surface area (Å²) in [5.74, 6) is 1.52. The third-order valence-corrected chi connectivity index (χ3v) is 3.60. The van der Waals surface area contributed by atoms with Crippen LogP contribution < -0.4 is 10.1 Å². The fourth-order valence-corrected chi connectivity index (χ4v) is 2.50. The average Bonchev–Trinajstić information content (AvgIpc) is 2.86. The highest BCUT2D eigenvalue weighted by molar-refractivity contribution is 6.30. The second-order valence-electron chi connectivity index (χ2n) is 5.61. The van der Waals surface area contributed by atoms with Crippen molar-refractivity contribution < 1.29 is 4.74 Å². The zero-order valence-electron chi connectivity index (χ0n) is 12.9. The molecule has 1 heterocycles. The molecule has 0 atom stereocenters. The fourth-order valence-electron chi connectivity index (χ4n) is 2.31. The molecular weight excluding hydrogens is 284 g/mol. The van der Waals surface area contributed by atoms with Gasteiger partial charge in [-0.25, -0.2) is 0 Å². The van der Waals surface area contributed by atoms with Crippen molar-refractivity contribution in [2.75, 3.05) is 13.7 Å². The number of hydrogen-bond donors (Lipinski definition) is 1. The Kier molecular flexibility index (Phi) is 5.71. The summed E-state index contributed by atoms with van der Waals surface area (Å²) < 4.78 is 7.64. The molecule has 0 saturated carbocycles. The number of nitrogens with one attached hydrogen (secondary N) is 1. The predicted octanol–water partition coefficient (Wildman–Crippen LogP) is 3.94. The smallest absolute Gasteiger partial charge is 0.123 e. The molecule has 0 aliphatic carbocycles. The van der Waals surface area contributed by atoms with Crippen molar-refractivity contribution in [3.63, 3.8) is 0 Å². The molecule has 21 heavy (non-hydrogen) atoms. The third kappa shape index (κ3) is 4.51. The molecule has 0 radical (unpaired) electrons. The summed E-state index contributed by atoms with van der Waals surface area (Å²) in [6.45, 7) is 7.07. The number of ether oxygens (including phenoxy) is 1. The Bertz CT molecular complexity index is 578. The van der Waals surface area contributed by atoms with E-state index in [0.717, 1.165) is 36.0 Å². The molecule has 0 saturated heterocycles. The van der Waals surface area contributed by atoms with Crippen molar-refractivity contribution in [3.05, 3.63) is 52.8 Å². The molecule has 0 amide bonds. The highest BCUT2D eigenvalue weighted by atomic mass is 35.5. The second-order valence-corrected chi connectivity index (χ2v) is 6.04. The van der Waals surface area contributed by atoms with Gasteiger partial charge in [-0.1, -0.05) is 25.4 Å². The zero-order valence-corrected chi connectivity index (χ0v) is 13.7. The molecule has 1 aromatic carbocycles. The Labute approximate surface area is 131 Å². The predicted molar refractivity (Wildman–Crippen MR) is 88.1 cm³/mol. The van der Waals surface area contributed by atoms with Gasteiger partial charge in [-0.05, 0) is 42.8 Å². The molecule has 0 fully saturated rings. The van der Waals surface area contributed by atoms with Crippen LogP contribution >= 0.6 is 11.6 Å². The normalized spacial score (nSPS) is 11.1. The van der Waals surface area contributed by atoms with E-state index < -0.39 is 0 Å². The standard InChI is InChI=1S/C17H23ClN2O/c1-13(2)10-19-11-16-5-4-8-20(16)12-14-9-15(18)6-7-17(14)21-3/h4-9,13,19H,10-12H2,1-3H3. The summed E-state index contributed by atoms with van der Waals surface area (Å²) in [6, 6.07) is 9.95. The van der Waals surface area contributed by atoms with E-state index in [2.05, 4.69) is 42.1 Å². The van der Waals surface area contributed by atoms with Crippen molar-refractivity contribution in [1.82, 2.24) is 9.88 Å². The van der Waals surface area contributed by atoms with E-state index in [1.807, 2.05) is 18.2 Å². The quantitative estimate of drug-likeness (QED) is 0.838. The first-order chi connectivity index (χ1) is 10.1. The van der Waals surface area contributed by atoms with Gasteiger partial charge in [0.1, 0.15) is 5.75 Å². The minimum atomic E-state index is 0.654. The van der Waals surface area contributed by atoms with Crippen LogP contribution in [0.15, 0.2) is 36.5 Å². The van der Waals surface area contributed by atoms with Crippen LogP contribution in [0.25, 0.3) is 0 Å². The molecule has 0 bridgehead atoms. The molecule has 0 spiro atoms. The summed E-state index contributed by atoms with van der Waals surface area (Å²) in [4.78, 5) is 0. The lowest BCUT2D eigenvalue weighted by Gasteiger charge is -2.14. The Hall–Kier alpha value is -1.45. The highest BCUT2D eigenvalue weighted by Gasteiger charge is 2.07. The monoisotopic (exact) mass is 306 g/mol. The van der Waals surface area contributed by atoms with Gasteiger partial charge in [0.25, 0.3) is 0 Å². The zero-order chi connectivity index (χ0) is 15.2. The van der Waals surface area contributed by atoms with Crippen LogP contribution in [0.5, 0.6) is 5.75 Å². The van der Waals surface area contributed by atoms with E-state index >= 15 is 0 Å². The minimum absolute atomic E-state index is 0.654. The van der Waals surface area contributed by atoms with Crippen molar-refractivity contribution in [1.29, 1.82) is 0 Å². The molecule has 0 aliphatic heterocycles. The van der Waals surface area contributed by atoms with Crippen LogP contribution in [0, 0.1) is 5.92 Å². The van der Waals surface area contributed by atoms with Crippen LogP contribution in [-0.2, 0) is 13.1 Å². The third-order valence-electron chi connectivity index (χ3n) is 3.37. The topological polar surface area (TPSA) is 26.2 Å². The number of rotatable bonds is 7. The van der Waals surface area contributed by atoms with Crippen LogP contribution in [0.4, 0.5) is 0 Å². The van der Waals surface area contributed by atoms with E-state index in [9.17, 15) is 0 Å². The molecule has 2 aromatic rings. The average molecular weight is 307 g/mol. The Morgan fingerprint density at radius 3 is 2.81 bits per heavy atom. The van der Waals surface area contributed by atoms with Crippen LogP contribution in [0.1, 0.15) is 25.1 Å². The molecule has 1 N–H and O–H groups in total. The molecule has 0 unspecified atom stereocenters. The number of methoxy groups -OCH3 is 1. The highest BCUT2D eigenvalue weighted by Crippen LogP contribution is 2.24. The SMILES string of the molecule is COc1ccc(Cl)cc1Cn1cccc1CNCC(C)C. The van der Waals surface area contributed by atoms with Gasteiger partial charge in [0, 0.05) is 29.0 Å². The van der Waals surface area contributed by atoms with Gasteiger partial charge in [0.15, 0.2) is 0 Å². The van der Waals surface area contributed by atoms with Gasteiger partial charge in [0.05, 0.1) is 13.7 Å².